The summed E-state index contributed by atoms with van der Waals surface area (Å²) in [6.45, 7) is 0. The van der Waals surface area contributed by atoms with E-state index in [4.69, 9.17) is 11.6 Å². The van der Waals surface area contributed by atoms with Gasteiger partial charge in [-0.3, -0.25) is 0 Å². The SMILES string of the molecule is FC(F)(F)C1CCCC(Nc2c(Cl)ccc3nsnc23)C1. The fourth-order valence-corrected chi connectivity index (χ4v) is 3.54. The highest BCUT2D eigenvalue weighted by Crippen LogP contribution is 2.39. The Kier molecular flexibility index (Phi) is 3.96. The van der Waals surface area contributed by atoms with Gasteiger partial charge in [-0.1, -0.05) is 18.0 Å². The van der Waals surface area contributed by atoms with E-state index in [0.29, 0.717) is 34.6 Å². The van der Waals surface area contributed by atoms with E-state index in [0.717, 1.165) is 11.7 Å². The van der Waals surface area contributed by atoms with E-state index >= 15 is 0 Å². The van der Waals surface area contributed by atoms with Gasteiger partial charge < -0.3 is 5.32 Å². The minimum atomic E-state index is -4.13. The molecule has 1 fully saturated rings. The third-order valence-corrected chi connectivity index (χ3v) is 4.72. The molecule has 2 atom stereocenters. The number of fused-ring (bicyclic) bond motifs is 1. The van der Waals surface area contributed by atoms with Crippen LogP contribution in [0.1, 0.15) is 25.7 Å². The van der Waals surface area contributed by atoms with E-state index in [-0.39, 0.29) is 18.9 Å². The van der Waals surface area contributed by atoms with Crippen LogP contribution in [0.2, 0.25) is 5.02 Å². The lowest BCUT2D eigenvalue weighted by atomic mass is 9.85. The van der Waals surface area contributed by atoms with Gasteiger partial charge in [0.15, 0.2) is 0 Å². The van der Waals surface area contributed by atoms with Crippen LogP contribution >= 0.6 is 23.3 Å². The second-order valence-electron chi connectivity index (χ2n) is 5.30. The van der Waals surface area contributed by atoms with Gasteiger partial charge in [-0.05, 0) is 31.4 Å². The van der Waals surface area contributed by atoms with E-state index in [9.17, 15) is 13.2 Å². The quantitative estimate of drug-likeness (QED) is 0.850. The Morgan fingerprint density at radius 2 is 2.05 bits per heavy atom. The Morgan fingerprint density at radius 1 is 1.24 bits per heavy atom. The lowest BCUT2D eigenvalue weighted by Gasteiger charge is -2.31. The summed E-state index contributed by atoms with van der Waals surface area (Å²) in [5.74, 6) is -1.24. The standard InChI is InChI=1S/C13H13ClF3N3S/c14-9-4-5-10-12(20-21-19-10)11(9)18-8-3-1-2-7(6-8)13(15,16)17/h4-5,7-8,18H,1-3,6H2. The minimum absolute atomic E-state index is 0.0772. The fraction of sp³-hybridized carbons (Fsp3) is 0.538. The molecular weight excluding hydrogens is 323 g/mol. The van der Waals surface area contributed by atoms with Gasteiger partial charge in [-0.2, -0.15) is 21.9 Å². The highest BCUT2D eigenvalue weighted by molar-refractivity contribution is 7.00. The zero-order valence-electron chi connectivity index (χ0n) is 11.0. The van der Waals surface area contributed by atoms with Gasteiger partial charge >= 0.3 is 6.18 Å². The first kappa shape index (κ1) is 14.8. The third kappa shape index (κ3) is 3.08. The van der Waals surface area contributed by atoms with E-state index in [2.05, 4.69) is 14.1 Å². The number of hydrogen-bond donors (Lipinski definition) is 1. The van der Waals surface area contributed by atoms with E-state index in [1.807, 2.05) is 0 Å². The molecule has 21 heavy (non-hydrogen) atoms. The molecule has 8 heteroatoms. The Morgan fingerprint density at radius 3 is 2.81 bits per heavy atom. The summed E-state index contributed by atoms with van der Waals surface area (Å²) in [5.41, 5.74) is 1.92. The van der Waals surface area contributed by atoms with E-state index in [1.165, 1.54) is 0 Å². The first-order valence-corrected chi connectivity index (χ1v) is 7.80. The van der Waals surface area contributed by atoms with Crippen molar-refractivity contribution in [1.82, 2.24) is 8.75 Å². The highest BCUT2D eigenvalue weighted by atomic mass is 35.5. The maximum Gasteiger partial charge on any atom is 0.391 e. The zero-order chi connectivity index (χ0) is 15.0. The Bertz CT molecular complexity index is 643. The van der Waals surface area contributed by atoms with Gasteiger partial charge in [-0.15, -0.1) is 0 Å². The summed E-state index contributed by atoms with van der Waals surface area (Å²) in [6.07, 6.45) is -2.58. The van der Waals surface area contributed by atoms with Crippen molar-refractivity contribution in [1.29, 1.82) is 0 Å². The van der Waals surface area contributed by atoms with Crippen molar-refractivity contribution in [3.63, 3.8) is 0 Å². The van der Waals surface area contributed by atoms with Gasteiger partial charge in [0, 0.05) is 6.04 Å². The van der Waals surface area contributed by atoms with Crippen LogP contribution in [0.25, 0.3) is 11.0 Å². The number of benzene rings is 1. The van der Waals surface area contributed by atoms with Crippen molar-refractivity contribution in [2.45, 2.75) is 37.9 Å². The van der Waals surface area contributed by atoms with Crippen molar-refractivity contribution in [3.8, 4) is 0 Å². The molecule has 114 valence electrons. The van der Waals surface area contributed by atoms with Crippen LogP contribution in [0, 0.1) is 5.92 Å². The molecule has 0 amide bonds. The number of rotatable bonds is 2. The molecule has 1 aliphatic carbocycles. The second-order valence-corrected chi connectivity index (χ2v) is 6.24. The molecule has 0 saturated heterocycles. The van der Waals surface area contributed by atoms with Gasteiger partial charge in [-0.25, -0.2) is 0 Å². The predicted octanol–water partition coefficient (Wildman–Crippen LogP) is 4.88. The number of aromatic nitrogens is 2. The molecule has 3 nitrogen and oxygen atoms in total. The summed E-state index contributed by atoms with van der Waals surface area (Å²) in [7, 11) is 0. The molecule has 1 aromatic heterocycles. The lowest BCUT2D eigenvalue weighted by Crippen LogP contribution is -2.34. The van der Waals surface area contributed by atoms with Gasteiger partial charge in [0.25, 0.3) is 0 Å². The molecule has 0 radical (unpaired) electrons. The molecule has 1 aromatic carbocycles. The van der Waals surface area contributed by atoms with Crippen molar-refractivity contribution in [2.75, 3.05) is 5.32 Å². The third-order valence-electron chi connectivity index (χ3n) is 3.86. The number of nitrogens with one attached hydrogen (secondary N) is 1. The zero-order valence-corrected chi connectivity index (χ0v) is 12.5. The van der Waals surface area contributed by atoms with E-state index in [1.54, 1.807) is 12.1 Å². The fourth-order valence-electron chi connectivity index (χ4n) is 2.79. The lowest BCUT2D eigenvalue weighted by molar-refractivity contribution is -0.182. The van der Waals surface area contributed by atoms with Crippen LogP contribution < -0.4 is 5.32 Å². The molecule has 1 aliphatic rings. The number of alkyl halides is 3. The first-order chi connectivity index (χ1) is 9.95. The van der Waals surface area contributed by atoms with Crippen molar-refractivity contribution in [2.24, 2.45) is 5.92 Å². The smallest absolute Gasteiger partial charge is 0.379 e. The molecule has 0 bridgehead atoms. The molecule has 0 spiro atoms. The summed E-state index contributed by atoms with van der Waals surface area (Å²) < 4.78 is 46.9. The molecule has 1 N–H and O–H groups in total. The summed E-state index contributed by atoms with van der Waals surface area (Å²) >= 11 is 7.22. The van der Waals surface area contributed by atoms with Crippen molar-refractivity contribution < 1.29 is 13.2 Å². The maximum atomic E-state index is 12.9. The Balaban J connectivity index is 1.82. The largest absolute Gasteiger partial charge is 0.391 e. The average molecular weight is 336 g/mol. The van der Waals surface area contributed by atoms with Crippen LogP contribution in [0.4, 0.5) is 18.9 Å². The summed E-state index contributed by atoms with van der Waals surface area (Å²) in [6, 6.07) is 3.21. The van der Waals surface area contributed by atoms with Crippen molar-refractivity contribution in [3.05, 3.63) is 17.2 Å². The molecule has 2 unspecified atom stereocenters. The highest BCUT2D eigenvalue weighted by Gasteiger charge is 2.42. The average Bonchev–Trinajstić information content (AvgIpc) is 2.90. The Labute approximate surface area is 128 Å². The normalized spacial score (nSPS) is 23.4. The van der Waals surface area contributed by atoms with Crippen LogP contribution in [0.5, 0.6) is 0 Å². The van der Waals surface area contributed by atoms with Crippen LogP contribution in [0.3, 0.4) is 0 Å². The summed E-state index contributed by atoms with van der Waals surface area (Å²) in [5, 5.41) is 3.61. The predicted molar refractivity (Wildman–Crippen MR) is 77.8 cm³/mol. The topological polar surface area (TPSA) is 37.8 Å². The number of anilines is 1. The van der Waals surface area contributed by atoms with Crippen molar-refractivity contribution >= 4 is 40.0 Å². The maximum absolute atomic E-state index is 12.9. The minimum Gasteiger partial charge on any atom is -0.379 e. The number of nitrogens with zero attached hydrogens (tertiary/aromatic N) is 2. The number of halogens is 4. The molecule has 0 aliphatic heterocycles. The monoisotopic (exact) mass is 335 g/mol. The molecule has 1 heterocycles. The van der Waals surface area contributed by atoms with Crippen LogP contribution in [-0.4, -0.2) is 21.0 Å². The molecular formula is C13H13ClF3N3S. The van der Waals surface area contributed by atoms with Gasteiger partial charge in [0.2, 0.25) is 0 Å². The first-order valence-electron chi connectivity index (χ1n) is 6.69. The number of hydrogen-bond acceptors (Lipinski definition) is 4. The van der Waals surface area contributed by atoms with Crippen LogP contribution in [0.15, 0.2) is 12.1 Å². The van der Waals surface area contributed by atoms with Gasteiger partial charge in [0.05, 0.1) is 28.4 Å². The second kappa shape index (κ2) is 5.61. The van der Waals surface area contributed by atoms with Gasteiger partial charge in [0.1, 0.15) is 11.0 Å². The molecule has 1 saturated carbocycles. The Hall–Kier alpha value is -1.08. The van der Waals surface area contributed by atoms with E-state index < -0.39 is 12.1 Å². The molecule has 2 aromatic rings. The summed E-state index contributed by atoms with van der Waals surface area (Å²) in [4.78, 5) is 0. The molecule has 3 rings (SSSR count). The van der Waals surface area contributed by atoms with Crippen LogP contribution in [-0.2, 0) is 0 Å².